The molecule has 188 valence electrons. The van der Waals surface area contributed by atoms with Crippen molar-refractivity contribution in [1.29, 1.82) is 0 Å². The van der Waals surface area contributed by atoms with Crippen LogP contribution in [-0.2, 0) is 28.2 Å². The molecule has 2 fully saturated rings. The highest BCUT2D eigenvalue weighted by Gasteiger charge is 2.80. The third-order valence-electron chi connectivity index (χ3n) is 8.59. The fraction of sp³-hybridized carbons (Fsp3) is 0.440. The Labute approximate surface area is 210 Å². The van der Waals surface area contributed by atoms with Crippen molar-refractivity contribution in [2.24, 2.45) is 11.3 Å². The van der Waals surface area contributed by atoms with E-state index in [1.165, 1.54) is 39.7 Å². The Hall–Kier alpha value is -3.40. The quantitative estimate of drug-likeness (QED) is 0.628. The molecule has 1 aromatic carbocycles. The largest absolute Gasteiger partial charge is 0.502 e. The summed E-state index contributed by atoms with van der Waals surface area (Å²) in [7, 11) is 2.84. The first-order valence-corrected chi connectivity index (χ1v) is 12.1. The first kappa shape index (κ1) is 23.0. The molecule has 2 aromatic rings. The van der Waals surface area contributed by atoms with Crippen LogP contribution in [0.1, 0.15) is 51.2 Å². The molecule has 6 rings (SSSR count). The van der Waals surface area contributed by atoms with Crippen LogP contribution in [0, 0.1) is 17.2 Å². The summed E-state index contributed by atoms with van der Waals surface area (Å²) in [4.78, 5) is 56.5. The average Bonchev–Trinajstić information content (AvgIpc) is 3.45. The third-order valence-corrected chi connectivity index (χ3v) is 8.88. The second-order valence-electron chi connectivity index (χ2n) is 10.00. The highest BCUT2D eigenvalue weighted by Crippen LogP contribution is 2.73. The molecule has 2 amide bonds. The van der Waals surface area contributed by atoms with Gasteiger partial charge in [0.15, 0.2) is 5.75 Å². The van der Waals surface area contributed by atoms with E-state index in [4.69, 9.17) is 16.3 Å². The third kappa shape index (κ3) is 2.55. The molecule has 1 N–H and O–H groups in total. The van der Waals surface area contributed by atoms with Gasteiger partial charge in [0.05, 0.1) is 17.7 Å². The first-order valence-electron chi connectivity index (χ1n) is 11.7. The lowest BCUT2D eigenvalue weighted by Crippen LogP contribution is -2.56. The van der Waals surface area contributed by atoms with Gasteiger partial charge < -0.3 is 19.6 Å². The second kappa shape index (κ2) is 7.32. The number of esters is 1. The molecular formula is C25H23ClFN3O6. The van der Waals surface area contributed by atoms with Gasteiger partial charge in [0, 0.05) is 25.7 Å². The first-order chi connectivity index (χ1) is 17.1. The number of carbonyl (C=O) groups is 3. The summed E-state index contributed by atoms with van der Waals surface area (Å²) in [5.74, 6) is -2.91. The van der Waals surface area contributed by atoms with Crippen molar-refractivity contribution in [2.75, 3.05) is 20.7 Å². The number of aromatic hydroxyl groups is 1. The van der Waals surface area contributed by atoms with Crippen molar-refractivity contribution in [3.63, 3.8) is 0 Å². The molecule has 0 radical (unpaired) electrons. The molecule has 3 unspecified atom stereocenters. The number of fused-ring (bicyclic) bond motifs is 6. The topological polar surface area (TPSA) is 109 Å². The van der Waals surface area contributed by atoms with Gasteiger partial charge in [-0.1, -0.05) is 17.7 Å². The maximum Gasteiger partial charge on any atom is 0.316 e. The van der Waals surface area contributed by atoms with E-state index >= 15 is 0 Å². The normalized spacial score (nSPS) is 27.8. The van der Waals surface area contributed by atoms with Crippen LogP contribution in [0.25, 0.3) is 0 Å². The van der Waals surface area contributed by atoms with Crippen LogP contribution in [-0.4, -0.2) is 58.0 Å². The van der Waals surface area contributed by atoms with Gasteiger partial charge >= 0.3 is 5.97 Å². The zero-order valence-corrected chi connectivity index (χ0v) is 20.4. The number of aromatic nitrogens is 1. The zero-order valence-electron chi connectivity index (χ0n) is 19.6. The maximum atomic E-state index is 13.6. The number of pyridine rings is 1. The van der Waals surface area contributed by atoms with Crippen LogP contribution < -0.4 is 5.56 Å². The summed E-state index contributed by atoms with van der Waals surface area (Å²) >= 11 is 5.87. The van der Waals surface area contributed by atoms with Gasteiger partial charge in [-0.05, 0) is 49.3 Å². The number of ether oxygens (including phenoxy) is 1. The highest BCUT2D eigenvalue weighted by atomic mass is 35.5. The Morgan fingerprint density at radius 2 is 2.03 bits per heavy atom. The van der Waals surface area contributed by atoms with E-state index < -0.39 is 46.0 Å². The number of nitrogens with zero attached hydrogens (tertiary/aromatic N) is 3. The fourth-order valence-electron chi connectivity index (χ4n) is 6.90. The maximum absolute atomic E-state index is 13.6. The molecule has 1 spiro atoms. The van der Waals surface area contributed by atoms with Gasteiger partial charge in [0.25, 0.3) is 17.4 Å². The van der Waals surface area contributed by atoms with Crippen LogP contribution in [0.15, 0.2) is 23.0 Å². The molecule has 3 heterocycles. The van der Waals surface area contributed by atoms with Crippen molar-refractivity contribution in [3.8, 4) is 5.75 Å². The fourth-order valence-corrected chi connectivity index (χ4v) is 7.10. The minimum absolute atomic E-state index is 0.0316. The summed E-state index contributed by atoms with van der Waals surface area (Å²) in [6.45, 7) is 0.293. The standard InChI is InChI=1S/C25H23ClFN3O6/c1-28-21(33)18-14-6-8-29(11-12-3-4-16(27)15(26)9-12)20(32)17(14)19(31)22(34)30(18)25(28)7-5-13-10-24(13,25)23(35)36-2/h3-4,9,13,31H,5-8,10-11H2,1-2H3. The molecule has 1 aromatic heterocycles. The van der Waals surface area contributed by atoms with Crippen LogP contribution in [0.5, 0.6) is 5.75 Å². The number of amides is 2. The zero-order chi connectivity index (χ0) is 25.7. The Morgan fingerprint density at radius 1 is 1.28 bits per heavy atom. The van der Waals surface area contributed by atoms with Crippen molar-refractivity contribution < 1.29 is 28.6 Å². The number of halogens is 2. The molecule has 0 saturated heterocycles. The number of hydrogen-bond acceptors (Lipinski definition) is 6. The number of methoxy groups -OCH3 is 1. The van der Waals surface area contributed by atoms with Gasteiger partial charge in [0.2, 0.25) is 0 Å². The van der Waals surface area contributed by atoms with Crippen LogP contribution in [0.3, 0.4) is 0 Å². The van der Waals surface area contributed by atoms with E-state index in [0.29, 0.717) is 30.4 Å². The van der Waals surface area contributed by atoms with Crippen molar-refractivity contribution >= 4 is 29.4 Å². The van der Waals surface area contributed by atoms with Crippen LogP contribution in [0.4, 0.5) is 4.39 Å². The van der Waals surface area contributed by atoms with E-state index in [2.05, 4.69) is 0 Å². The Kier molecular flexibility index (Phi) is 4.68. The van der Waals surface area contributed by atoms with Crippen molar-refractivity contribution in [1.82, 2.24) is 14.4 Å². The van der Waals surface area contributed by atoms with Gasteiger partial charge in [-0.25, -0.2) is 4.39 Å². The lowest BCUT2D eigenvalue weighted by Gasteiger charge is -2.40. The predicted molar refractivity (Wildman–Crippen MR) is 124 cm³/mol. The van der Waals surface area contributed by atoms with Crippen molar-refractivity contribution in [3.05, 3.63) is 61.8 Å². The lowest BCUT2D eigenvalue weighted by molar-refractivity contribution is -0.156. The molecule has 9 nitrogen and oxygen atoms in total. The Morgan fingerprint density at radius 3 is 2.69 bits per heavy atom. The SMILES string of the molecule is COC(=O)C12CC1CCC21N(C)C(=O)c2c3c(c(O)c(=O)n21)C(=O)N(Cc1ccc(F)c(Cl)c1)CC3. The number of rotatable bonds is 3. The van der Waals surface area contributed by atoms with Crippen LogP contribution in [0.2, 0.25) is 5.02 Å². The molecule has 11 heteroatoms. The van der Waals surface area contributed by atoms with Gasteiger partial charge in [0.1, 0.15) is 22.6 Å². The summed E-state index contributed by atoms with van der Waals surface area (Å²) in [6, 6.07) is 4.12. The molecular weight excluding hydrogens is 493 g/mol. The van der Waals surface area contributed by atoms with Gasteiger partial charge in [-0.3, -0.25) is 23.7 Å². The van der Waals surface area contributed by atoms with E-state index in [1.807, 2.05) is 0 Å². The number of benzene rings is 1. The molecule has 3 atom stereocenters. The molecule has 0 bridgehead atoms. The minimum Gasteiger partial charge on any atom is -0.502 e. The monoisotopic (exact) mass is 515 g/mol. The van der Waals surface area contributed by atoms with Crippen LogP contribution >= 0.6 is 11.6 Å². The summed E-state index contributed by atoms with van der Waals surface area (Å²) in [5.41, 5.74) is -2.51. The highest BCUT2D eigenvalue weighted by molar-refractivity contribution is 6.30. The molecule has 4 aliphatic rings. The average molecular weight is 516 g/mol. The van der Waals surface area contributed by atoms with Crippen molar-refractivity contribution in [2.45, 2.75) is 37.9 Å². The lowest BCUT2D eigenvalue weighted by atomic mass is 9.88. The Balaban J connectivity index is 1.48. The second-order valence-corrected chi connectivity index (χ2v) is 10.4. The molecule has 36 heavy (non-hydrogen) atoms. The smallest absolute Gasteiger partial charge is 0.316 e. The summed E-state index contributed by atoms with van der Waals surface area (Å²) in [5, 5.41) is 11.0. The van der Waals surface area contributed by atoms with E-state index in [9.17, 15) is 28.7 Å². The predicted octanol–water partition coefficient (Wildman–Crippen LogP) is 2.26. The van der Waals surface area contributed by atoms with Gasteiger partial charge in [-0.15, -0.1) is 0 Å². The van der Waals surface area contributed by atoms with E-state index in [1.54, 1.807) is 7.05 Å². The molecule has 2 aliphatic heterocycles. The minimum atomic E-state index is -1.29. The van der Waals surface area contributed by atoms with E-state index in [-0.39, 0.29) is 41.7 Å². The Bertz CT molecular complexity index is 1460. The summed E-state index contributed by atoms with van der Waals surface area (Å²) in [6.07, 6.45) is 1.69. The number of carbonyl (C=O) groups excluding carboxylic acids is 3. The number of hydrogen-bond donors (Lipinski definition) is 1. The van der Waals surface area contributed by atoms with Gasteiger partial charge in [-0.2, -0.15) is 0 Å². The summed E-state index contributed by atoms with van der Waals surface area (Å²) < 4.78 is 19.9. The molecule has 2 aliphatic carbocycles. The van der Waals surface area contributed by atoms with E-state index in [0.717, 1.165) is 0 Å². The molecule has 2 saturated carbocycles.